The smallest absolute Gasteiger partial charge is 0.406 e. The molecule has 0 atom stereocenters. The minimum absolute atomic E-state index is 0.00687. The van der Waals surface area contributed by atoms with Crippen molar-refractivity contribution in [2.75, 3.05) is 0 Å². The second-order valence-corrected chi connectivity index (χ2v) is 17.3. The Morgan fingerprint density at radius 2 is 0.600 bits per heavy atom. The summed E-state index contributed by atoms with van der Waals surface area (Å²) in [6, 6.07) is 48.7. The Balaban J connectivity index is 1.62. The molecule has 0 bridgehead atoms. The number of halogens is 6. The molecule has 7 aromatic rings. The maximum absolute atomic E-state index is 13.6. The van der Waals surface area contributed by atoms with E-state index in [2.05, 4.69) is 33.8 Å². The van der Waals surface area contributed by atoms with Crippen molar-refractivity contribution in [2.45, 2.75) is 12.7 Å². The largest absolute Gasteiger partial charge is 0.573 e. The highest BCUT2D eigenvalue weighted by Crippen LogP contribution is 2.63. The topological polar surface area (TPSA) is 256 Å². The van der Waals surface area contributed by atoms with Gasteiger partial charge < -0.3 is 9.47 Å². The lowest BCUT2D eigenvalue weighted by Gasteiger charge is -2.24. The third kappa shape index (κ3) is 9.51. The Hall–Kier alpha value is -12.4. The number of nitrogens with zero attached hydrogens (tertiary/aromatic N) is 10. The molecule has 0 aliphatic heterocycles. The zero-order valence-electron chi connectivity index (χ0n) is 40.3. The number of rotatable bonds is 8. The third-order valence-electron chi connectivity index (χ3n) is 12.8. The zero-order chi connectivity index (χ0) is 57.2. The SMILES string of the molecule is N#CC1=C(c2ccc(OC(F)(F)F)cc2)/C(=C(/C#N)c2cc(C#N)cc(C#N)c2)c2c1c(-c1ccc(C#N)cc1)c1c(c2-c2ccc(C#N)cc2)C(C#N)=C(c2ccc(OC(F)(F)F)cc2)/C1=C(/C#N)c1cc(C#N)cc(C#N)c1. The zero-order valence-corrected chi connectivity index (χ0v) is 40.3. The van der Waals surface area contributed by atoms with Crippen LogP contribution in [0.5, 0.6) is 11.5 Å². The molecule has 2 aliphatic carbocycles. The van der Waals surface area contributed by atoms with Crippen LogP contribution in [0.1, 0.15) is 77.9 Å². The van der Waals surface area contributed by atoms with E-state index in [0.717, 1.165) is 24.3 Å². The van der Waals surface area contributed by atoms with Gasteiger partial charge in [-0.3, -0.25) is 0 Å². The third-order valence-corrected chi connectivity index (χ3v) is 12.8. The number of ether oxygens (including phenoxy) is 2. The number of benzene rings is 7. The van der Waals surface area contributed by atoms with Gasteiger partial charge >= 0.3 is 12.7 Å². The van der Waals surface area contributed by atoms with Crippen LogP contribution in [0.15, 0.2) is 133 Å². The molecule has 7 aromatic carbocycles. The molecule has 0 radical (unpaired) electrons. The molecule has 0 heterocycles. The molecular formula is C62H22F6N10O2. The number of allylic oxidation sites excluding steroid dienone is 8. The highest BCUT2D eigenvalue weighted by molar-refractivity contribution is 6.39. The average Bonchev–Trinajstić information content (AvgIpc) is 4.21. The van der Waals surface area contributed by atoms with Gasteiger partial charge in [-0.15, -0.1) is 26.3 Å². The van der Waals surface area contributed by atoms with Gasteiger partial charge in [-0.2, -0.15) is 52.6 Å². The molecule has 0 saturated carbocycles. The van der Waals surface area contributed by atoms with Crippen molar-refractivity contribution in [1.29, 1.82) is 52.6 Å². The van der Waals surface area contributed by atoms with Gasteiger partial charge in [-0.05, 0) is 129 Å². The second kappa shape index (κ2) is 20.7. The quantitative estimate of drug-likeness (QED) is 0.102. The molecule has 0 unspecified atom stereocenters. The molecule has 9 rings (SSSR count). The second-order valence-electron chi connectivity index (χ2n) is 17.3. The van der Waals surface area contributed by atoms with E-state index in [4.69, 9.17) is 0 Å². The summed E-state index contributed by atoms with van der Waals surface area (Å²) in [4.78, 5) is 0. The van der Waals surface area contributed by atoms with Gasteiger partial charge in [0, 0.05) is 44.5 Å². The van der Waals surface area contributed by atoms with Crippen LogP contribution in [0.2, 0.25) is 0 Å². The number of hydrogen-bond donors (Lipinski definition) is 0. The summed E-state index contributed by atoms with van der Waals surface area (Å²) in [6.45, 7) is 0. The van der Waals surface area contributed by atoms with E-state index in [-0.39, 0.29) is 145 Å². The summed E-state index contributed by atoms with van der Waals surface area (Å²) >= 11 is 0. The predicted octanol–water partition coefficient (Wildman–Crippen LogP) is 13.8. The maximum atomic E-state index is 13.6. The highest BCUT2D eigenvalue weighted by atomic mass is 19.4. The summed E-state index contributed by atoms with van der Waals surface area (Å²) in [5, 5.41) is 108. The van der Waals surface area contributed by atoms with Crippen LogP contribution in [0.25, 0.3) is 66.8 Å². The number of alkyl halides is 6. The highest BCUT2D eigenvalue weighted by Gasteiger charge is 2.44. The molecule has 0 N–H and O–H groups in total. The van der Waals surface area contributed by atoms with Gasteiger partial charge in [0.25, 0.3) is 0 Å². The molecule has 18 heteroatoms. The van der Waals surface area contributed by atoms with Crippen LogP contribution in [-0.2, 0) is 0 Å². The summed E-state index contributed by atoms with van der Waals surface area (Å²) in [6.07, 6.45) is -10.3. The molecule has 0 saturated heterocycles. The van der Waals surface area contributed by atoms with Gasteiger partial charge in [-0.1, -0.05) is 48.5 Å². The van der Waals surface area contributed by atoms with Crippen LogP contribution in [0.4, 0.5) is 26.3 Å². The number of nitriles is 10. The molecular weight excluding hydrogens is 1030 g/mol. The van der Waals surface area contributed by atoms with Crippen LogP contribution in [0, 0.1) is 113 Å². The molecule has 0 fully saturated rings. The van der Waals surface area contributed by atoms with Crippen LogP contribution < -0.4 is 9.47 Å². The van der Waals surface area contributed by atoms with Gasteiger partial charge in [0.1, 0.15) is 35.8 Å². The molecule has 0 amide bonds. The van der Waals surface area contributed by atoms with Crippen molar-refractivity contribution in [3.63, 3.8) is 0 Å². The first-order chi connectivity index (χ1) is 38.4. The monoisotopic (exact) mass is 1050 g/mol. The van der Waals surface area contributed by atoms with Gasteiger partial charge in [0.05, 0.1) is 92.1 Å². The van der Waals surface area contributed by atoms with E-state index in [1.165, 1.54) is 109 Å². The van der Waals surface area contributed by atoms with Crippen molar-refractivity contribution < 1.29 is 35.8 Å². The summed E-state index contributed by atoms with van der Waals surface area (Å²) in [5.74, 6) is -1.35. The summed E-state index contributed by atoms with van der Waals surface area (Å²) < 4.78 is 90.2. The Kier molecular flexibility index (Phi) is 13.6. The van der Waals surface area contributed by atoms with Crippen molar-refractivity contribution in [1.82, 2.24) is 0 Å². The number of fused-ring (bicyclic) bond motifs is 2. The van der Waals surface area contributed by atoms with E-state index >= 15 is 0 Å². The lowest BCUT2D eigenvalue weighted by atomic mass is 9.77. The fraction of sp³-hybridized carbons (Fsp3) is 0.0323. The van der Waals surface area contributed by atoms with Gasteiger partial charge in [-0.25, -0.2) is 0 Å². The van der Waals surface area contributed by atoms with E-state index < -0.39 is 24.2 Å². The minimum atomic E-state index is -5.14. The Labute approximate surface area is 449 Å². The molecule has 80 heavy (non-hydrogen) atoms. The van der Waals surface area contributed by atoms with Crippen LogP contribution >= 0.6 is 0 Å². The minimum Gasteiger partial charge on any atom is -0.406 e. The number of hydrogen-bond acceptors (Lipinski definition) is 12. The van der Waals surface area contributed by atoms with Crippen LogP contribution in [-0.4, -0.2) is 12.7 Å². The van der Waals surface area contributed by atoms with Crippen molar-refractivity contribution in [3.05, 3.63) is 211 Å². The van der Waals surface area contributed by atoms with Crippen molar-refractivity contribution in [2.24, 2.45) is 0 Å². The molecule has 2 aliphatic rings. The van der Waals surface area contributed by atoms with E-state index in [9.17, 15) is 79.0 Å². The maximum Gasteiger partial charge on any atom is 0.573 e. The summed E-state index contributed by atoms with van der Waals surface area (Å²) in [5.41, 5.74) is -1.63. The lowest BCUT2D eigenvalue weighted by molar-refractivity contribution is -0.275. The fourth-order valence-electron chi connectivity index (χ4n) is 9.78. The van der Waals surface area contributed by atoms with Gasteiger partial charge in [0.15, 0.2) is 0 Å². The first-order valence-corrected chi connectivity index (χ1v) is 22.9. The Morgan fingerprint density at radius 1 is 0.312 bits per heavy atom. The van der Waals surface area contributed by atoms with Gasteiger partial charge in [0.2, 0.25) is 0 Å². The van der Waals surface area contributed by atoms with E-state index in [1.54, 1.807) is 0 Å². The Bertz CT molecular complexity index is 4110. The first kappa shape index (κ1) is 52.4. The first-order valence-electron chi connectivity index (χ1n) is 22.9. The molecule has 0 spiro atoms. The molecule has 0 aromatic heterocycles. The predicted molar refractivity (Wildman–Crippen MR) is 274 cm³/mol. The normalized spacial score (nSPS) is 13.4. The van der Waals surface area contributed by atoms with Crippen LogP contribution in [0.3, 0.4) is 0 Å². The molecule has 374 valence electrons. The lowest BCUT2D eigenvalue weighted by Crippen LogP contribution is -2.17. The fourth-order valence-corrected chi connectivity index (χ4v) is 9.78. The Morgan fingerprint density at radius 3 is 0.850 bits per heavy atom. The van der Waals surface area contributed by atoms with E-state index in [0.29, 0.717) is 0 Å². The summed E-state index contributed by atoms with van der Waals surface area (Å²) in [7, 11) is 0. The molecule has 12 nitrogen and oxygen atoms in total. The van der Waals surface area contributed by atoms with Crippen molar-refractivity contribution >= 4 is 44.6 Å². The standard InChI is InChI=1S/C62H22F6N10O2/c63-61(64,65)79-45-13-9-39(10-14-45)51-49(31-77)57-53(41-5-1-33(23-69)2-6-41)59-55(47(29-75)43-19-35(25-71)17-36(20-43)26-72)52(40-11-15-46(16-12-40)80-62(66,67)68)50(32-78)58(59)54(42-7-3-34(24-70)4-8-42)60(57)56(51)48(30-76)44-21-37(27-73)18-38(22-44)28-74/h1-22H/b55-47+,56-48+. The van der Waals surface area contributed by atoms with E-state index in [1.807, 2.05) is 36.4 Å². The van der Waals surface area contributed by atoms with Crippen molar-refractivity contribution in [3.8, 4) is 94.4 Å². The average molecular weight is 1050 g/mol.